The minimum Gasteiger partial charge on any atom is -0.380 e. The van der Waals surface area contributed by atoms with Crippen LogP contribution in [-0.4, -0.2) is 46.2 Å². The van der Waals surface area contributed by atoms with Crippen molar-refractivity contribution >= 4 is 9.84 Å². The number of sulfone groups is 1. The molecule has 0 amide bonds. The Morgan fingerprint density at radius 3 is 2.31 bits per heavy atom. The molecule has 0 aromatic carbocycles. The molecule has 0 fully saturated rings. The van der Waals surface area contributed by atoms with E-state index in [0.29, 0.717) is 6.42 Å². The predicted octanol–water partition coefficient (Wildman–Crippen LogP) is 1.21. The lowest BCUT2D eigenvalue weighted by Crippen LogP contribution is -2.38. The molecule has 0 saturated carbocycles. The van der Waals surface area contributed by atoms with Gasteiger partial charge in [-0.25, -0.2) is 8.42 Å². The standard InChI is InChI=1S/C11H25NO3S/c1-5-11(15-4)10(12-3)8-7-9-16(13,14)6-2/h10-12H,5-9H2,1-4H3. The molecule has 4 nitrogen and oxygen atoms in total. The van der Waals surface area contributed by atoms with Crippen LogP contribution in [0.3, 0.4) is 0 Å². The van der Waals surface area contributed by atoms with Crippen LogP contribution in [0, 0.1) is 0 Å². The van der Waals surface area contributed by atoms with Crippen LogP contribution in [0.4, 0.5) is 0 Å². The van der Waals surface area contributed by atoms with Gasteiger partial charge in [0.15, 0.2) is 0 Å². The van der Waals surface area contributed by atoms with E-state index in [4.69, 9.17) is 4.74 Å². The van der Waals surface area contributed by atoms with E-state index in [1.807, 2.05) is 7.05 Å². The van der Waals surface area contributed by atoms with Crippen molar-refractivity contribution in [1.82, 2.24) is 5.32 Å². The Morgan fingerprint density at radius 2 is 1.94 bits per heavy atom. The maximum atomic E-state index is 11.3. The zero-order valence-corrected chi connectivity index (χ0v) is 11.6. The van der Waals surface area contributed by atoms with Crippen molar-refractivity contribution in [1.29, 1.82) is 0 Å². The summed E-state index contributed by atoms with van der Waals surface area (Å²) in [6.07, 6.45) is 2.63. The largest absolute Gasteiger partial charge is 0.380 e. The smallest absolute Gasteiger partial charge is 0.150 e. The molecule has 0 aliphatic heterocycles. The molecule has 0 radical (unpaired) electrons. The summed E-state index contributed by atoms with van der Waals surface area (Å²) in [6.45, 7) is 3.76. The Kier molecular flexibility index (Phi) is 7.97. The van der Waals surface area contributed by atoms with E-state index in [0.717, 1.165) is 12.8 Å². The Bertz CT molecular complexity index is 260. The lowest BCUT2D eigenvalue weighted by molar-refractivity contribution is 0.0648. The first-order valence-corrected chi connectivity index (χ1v) is 7.73. The van der Waals surface area contributed by atoms with Crippen LogP contribution >= 0.6 is 0 Å². The monoisotopic (exact) mass is 251 g/mol. The van der Waals surface area contributed by atoms with E-state index in [9.17, 15) is 8.42 Å². The van der Waals surface area contributed by atoms with Crippen molar-refractivity contribution in [3.8, 4) is 0 Å². The number of hydrogen-bond donors (Lipinski definition) is 1. The molecule has 0 saturated heterocycles. The minimum atomic E-state index is -2.83. The van der Waals surface area contributed by atoms with Crippen molar-refractivity contribution in [2.45, 2.75) is 45.3 Å². The highest BCUT2D eigenvalue weighted by molar-refractivity contribution is 7.91. The highest BCUT2D eigenvalue weighted by atomic mass is 32.2. The summed E-state index contributed by atoms with van der Waals surface area (Å²) < 4.78 is 28.0. The van der Waals surface area contributed by atoms with Gasteiger partial charge < -0.3 is 10.1 Å². The molecule has 98 valence electrons. The summed E-state index contributed by atoms with van der Waals surface area (Å²) in [5.41, 5.74) is 0. The van der Waals surface area contributed by atoms with Crippen molar-refractivity contribution in [3.05, 3.63) is 0 Å². The predicted molar refractivity (Wildman–Crippen MR) is 67.5 cm³/mol. The van der Waals surface area contributed by atoms with Crippen LogP contribution in [0.25, 0.3) is 0 Å². The average molecular weight is 251 g/mol. The fourth-order valence-corrected chi connectivity index (χ4v) is 2.69. The molecule has 0 bridgehead atoms. The molecule has 2 unspecified atom stereocenters. The molecule has 0 spiro atoms. The highest BCUT2D eigenvalue weighted by Gasteiger charge is 2.18. The van der Waals surface area contributed by atoms with E-state index in [-0.39, 0.29) is 23.7 Å². The van der Waals surface area contributed by atoms with Crippen molar-refractivity contribution < 1.29 is 13.2 Å². The van der Waals surface area contributed by atoms with Crippen LogP contribution in [0.5, 0.6) is 0 Å². The molecular weight excluding hydrogens is 226 g/mol. The van der Waals surface area contributed by atoms with Gasteiger partial charge in [-0.3, -0.25) is 0 Å². The number of ether oxygens (including phenoxy) is 1. The Balaban J connectivity index is 4.06. The van der Waals surface area contributed by atoms with Gasteiger partial charge in [-0.2, -0.15) is 0 Å². The SMILES string of the molecule is CCC(OC)C(CCCS(=O)(=O)CC)NC. The maximum absolute atomic E-state index is 11.3. The Hall–Kier alpha value is -0.130. The molecular formula is C11H25NO3S. The molecule has 16 heavy (non-hydrogen) atoms. The molecule has 0 heterocycles. The summed E-state index contributed by atoms with van der Waals surface area (Å²) >= 11 is 0. The van der Waals surface area contributed by atoms with E-state index in [1.54, 1.807) is 14.0 Å². The van der Waals surface area contributed by atoms with Crippen molar-refractivity contribution in [2.75, 3.05) is 25.7 Å². The lowest BCUT2D eigenvalue weighted by Gasteiger charge is -2.24. The van der Waals surface area contributed by atoms with Crippen LogP contribution in [-0.2, 0) is 14.6 Å². The van der Waals surface area contributed by atoms with Gasteiger partial charge in [0.1, 0.15) is 9.84 Å². The van der Waals surface area contributed by atoms with E-state index in [2.05, 4.69) is 12.2 Å². The third-order valence-electron chi connectivity index (χ3n) is 2.93. The number of methoxy groups -OCH3 is 1. The molecule has 0 aliphatic rings. The van der Waals surface area contributed by atoms with Crippen LogP contribution in [0.2, 0.25) is 0 Å². The molecule has 5 heteroatoms. The van der Waals surface area contributed by atoms with Gasteiger partial charge >= 0.3 is 0 Å². The maximum Gasteiger partial charge on any atom is 0.150 e. The van der Waals surface area contributed by atoms with Crippen molar-refractivity contribution in [3.63, 3.8) is 0 Å². The van der Waals surface area contributed by atoms with Gasteiger partial charge in [-0.05, 0) is 26.3 Å². The van der Waals surface area contributed by atoms with Crippen LogP contribution in [0.1, 0.15) is 33.1 Å². The lowest BCUT2D eigenvalue weighted by atomic mass is 10.0. The third kappa shape index (κ3) is 5.82. The zero-order chi connectivity index (χ0) is 12.6. The summed E-state index contributed by atoms with van der Waals surface area (Å²) in [5, 5.41) is 3.19. The second-order valence-corrected chi connectivity index (χ2v) is 6.43. The number of likely N-dealkylation sites (N-methyl/N-ethyl adjacent to an activating group) is 1. The van der Waals surface area contributed by atoms with Crippen LogP contribution in [0.15, 0.2) is 0 Å². The second-order valence-electron chi connectivity index (χ2n) is 3.96. The summed E-state index contributed by atoms with van der Waals surface area (Å²) in [5.74, 6) is 0.514. The molecule has 0 aromatic rings. The van der Waals surface area contributed by atoms with E-state index < -0.39 is 9.84 Å². The Morgan fingerprint density at radius 1 is 1.31 bits per heavy atom. The van der Waals surface area contributed by atoms with Crippen LogP contribution < -0.4 is 5.32 Å². The van der Waals surface area contributed by atoms with Gasteiger partial charge in [0.2, 0.25) is 0 Å². The van der Waals surface area contributed by atoms with Gasteiger partial charge in [-0.15, -0.1) is 0 Å². The quantitative estimate of drug-likeness (QED) is 0.669. The first kappa shape index (κ1) is 15.9. The minimum absolute atomic E-state index is 0.161. The van der Waals surface area contributed by atoms with E-state index >= 15 is 0 Å². The summed E-state index contributed by atoms with van der Waals surface area (Å²) in [6, 6.07) is 0.238. The fourth-order valence-electron chi connectivity index (χ4n) is 1.80. The number of nitrogens with one attached hydrogen (secondary N) is 1. The summed E-state index contributed by atoms with van der Waals surface area (Å²) in [7, 11) is 0.754. The number of rotatable bonds is 9. The third-order valence-corrected chi connectivity index (χ3v) is 4.73. The van der Waals surface area contributed by atoms with Gasteiger partial charge in [0, 0.05) is 18.9 Å². The highest BCUT2D eigenvalue weighted by Crippen LogP contribution is 2.10. The molecule has 2 atom stereocenters. The number of hydrogen-bond acceptors (Lipinski definition) is 4. The zero-order valence-electron chi connectivity index (χ0n) is 10.8. The molecule has 0 aromatic heterocycles. The van der Waals surface area contributed by atoms with Gasteiger partial charge in [0.25, 0.3) is 0 Å². The molecule has 0 aliphatic carbocycles. The average Bonchev–Trinajstić information content (AvgIpc) is 2.28. The first-order valence-electron chi connectivity index (χ1n) is 5.91. The Labute approximate surface area is 99.7 Å². The van der Waals surface area contributed by atoms with Gasteiger partial charge in [-0.1, -0.05) is 13.8 Å². The topological polar surface area (TPSA) is 55.4 Å². The summed E-state index contributed by atoms with van der Waals surface area (Å²) in [4.78, 5) is 0. The second kappa shape index (κ2) is 8.03. The first-order chi connectivity index (χ1) is 7.50. The van der Waals surface area contributed by atoms with Gasteiger partial charge in [0.05, 0.1) is 11.9 Å². The van der Waals surface area contributed by atoms with E-state index in [1.165, 1.54) is 0 Å². The normalized spacial score (nSPS) is 16.0. The molecule has 0 rings (SSSR count). The van der Waals surface area contributed by atoms with Crippen molar-refractivity contribution in [2.24, 2.45) is 0 Å². The molecule has 1 N–H and O–H groups in total. The fraction of sp³-hybridized carbons (Fsp3) is 1.00.